The second-order valence-corrected chi connectivity index (χ2v) is 7.66. The van der Waals surface area contributed by atoms with Crippen molar-refractivity contribution in [1.29, 1.82) is 0 Å². The molecule has 0 bridgehead atoms. The quantitative estimate of drug-likeness (QED) is 0.831. The standard InChI is InChI=1S/C14H21NO4S/c1-14(2,3)19-13(16)10-20(17,18)9-12-7-5-4-6-11(12)8-15/h4-7H,8-10,15H2,1-3H3. The number of nitrogens with two attached hydrogens (primary N) is 1. The van der Waals surface area contributed by atoms with E-state index in [1.807, 2.05) is 0 Å². The van der Waals surface area contributed by atoms with Gasteiger partial charge in [-0.15, -0.1) is 0 Å². The topological polar surface area (TPSA) is 86.5 Å². The first-order chi connectivity index (χ1) is 9.13. The zero-order valence-electron chi connectivity index (χ0n) is 12.0. The number of carbonyl (C=O) groups excluding carboxylic acids is 1. The molecule has 112 valence electrons. The van der Waals surface area contributed by atoms with Crippen LogP contribution in [0.3, 0.4) is 0 Å². The Balaban J connectivity index is 2.78. The predicted octanol–water partition coefficient (Wildman–Crippen LogP) is 1.40. The number of esters is 1. The molecule has 0 heterocycles. The van der Waals surface area contributed by atoms with Crippen LogP contribution in [0, 0.1) is 0 Å². The van der Waals surface area contributed by atoms with Crippen molar-refractivity contribution in [2.45, 2.75) is 38.7 Å². The summed E-state index contributed by atoms with van der Waals surface area (Å²) >= 11 is 0. The number of carbonyl (C=O) groups is 1. The molecule has 0 saturated carbocycles. The van der Waals surface area contributed by atoms with E-state index in [9.17, 15) is 13.2 Å². The van der Waals surface area contributed by atoms with Crippen molar-refractivity contribution < 1.29 is 17.9 Å². The Hall–Kier alpha value is -1.40. The van der Waals surface area contributed by atoms with Crippen LogP contribution in [0.1, 0.15) is 31.9 Å². The lowest BCUT2D eigenvalue weighted by Crippen LogP contribution is -2.29. The third-order valence-corrected chi connectivity index (χ3v) is 3.90. The number of sulfone groups is 1. The van der Waals surface area contributed by atoms with Gasteiger partial charge in [-0.1, -0.05) is 24.3 Å². The molecule has 1 aromatic carbocycles. The van der Waals surface area contributed by atoms with Gasteiger partial charge in [-0.25, -0.2) is 8.42 Å². The summed E-state index contributed by atoms with van der Waals surface area (Å²) in [5.41, 5.74) is 6.26. The zero-order valence-corrected chi connectivity index (χ0v) is 12.9. The molecule has 0 aromatic heterocycles. The van der Waals surface area contributed by atoms with Gasteiger partial charge < -0.3 is 10.5 Å². The van der Waals surface area contributed by atoms with E-state index in [1.54, 1.807) is 45.0 Å². The van der Waals surface area contributed by atoms with E-state index in [1.165, 1.54) is 0 Å². The van der Waals surface area contributed by atoms with Gasteiger partial charge in [-0.2, -0.15) is 0 Å². The molecule has 1 aromatic rings. The fourth-order valence-corrected chi connectivity index (χ4v) is 3.01. The Kier molecular flexibility index (Phi) is 5.30. The highest BCUT2D eigenvalue weighted by Crippen LogP contribution is 2.14. The summed E-state index contributed by atoms with van der Waals surface area (Å²) < 4.78 is 29.1. The molecule has 0 aliphatic carbocycles. The summed E-state index contributed by atoms with van der Waals surface area (Å²) in [6.07, 6.45) is 0. The van der Waals surface area contributed by atoms with E-state index in [4.69, 9.17) is 10.5 Å². The highest BCUT2D eigenvalue weighted by molar-refractivity contribution is 7.91. The first-order valence-electron chi connectivity index (χ1n) is 6.32. The monoisotopic (exact) mass is 299 g/mol. The van der Waals surface area contributed by atoms with Crippen molar-refractivity contribution in [2.24, 2.45) is 5.73 Å². The zero-order chi connectivity index (χ0) is 15.4. The smallest absolute Gasteiger partial charge is 0.321 e. The maximum absolute atomic E-state index is 12.0. The Labute approximate surface area is 120 Å². The van der Waals surface area contributed by atoms with Crippen LogP contribution in [-0.4, -0.2) is 25.7 Å². The molecule has 0 aliphatic heterocycles. The Morgan fingerprint density at radius 1 is 1.20 bits per heavy atom. The predicted molar refractivity (Wildman–Crippen MR) is 77.7 cm³/mol. The minimum absolute atomic E-state index is 0.209. The molecule has 0 unspecified atom stereocenters. The molecule has 5 nitrogen and oxygen atoms in total. The summed E-state index contributed by atoms with van der Waals surface area (Å²) in [6.45, 7) is 5.35. The van der Waals surface area contributed by atoms with Gasteiger partial charge in [0.05, 0.1) is 5.75 Å². The molecule has 0 atom stereocenters. The molecular formula is C14H21NO4S. The molecule has 0 fully saturated rings. The van der Waals surface area contributed by atoms with Crippen molar-refractivity contribution in [1.82, 2.24) is 0 Å². The van der Waals surface area contributed by atoms with Crippen LogP contribution in [0.4, 0.5) is 0 Å². The van der Waals surface area contributed by atoms with Crippen LogP contribution in [0.2, 0.25) is 0 Å². The summed E-state index contributed by atoms with van der Waals surface area (Å²) in [7, 11) is -3.57. The molecule has 0 amide bonds. The molecule has 6 heteroatoms. The second kappa shape index (κ2) is 6.37. The van der Waals surface area contributed by atoms with Gasteiger partial charge in [0.25, 0.3) is 0 Å². The lowest BCUT2D eigenvalue weighted by molar-refractivity contribution is -0.151. The van der Waals surface area contributed by atoms with E-state index in [2.05, 4.69) is 0 Å². The van der Waals surface area contributed by atoms with Crippen LogP contribution in [0.25, 0.3) is 0 Å². The van der Waals surface area contributed by atoms with E-state index < -0.39 is 27.2 Å². The Bertz CT molecular complexity index is 573. The second-order valence-electron chi connectivity index (χ2n) is 5.59. The van der Waals surface area contributed by atoms with E-state index in [0.29, 0.717) is 5.56 Å². The molecule has 1 rings (SSSR count). The largest absolute Gasteiger partial charge is 0.459 e. The molecule has 20 heavy (non-hydrogen) atoms. The lowest BCUT2D eigenvalue weighted by Gasteiger charge is -2.19. The number of hydrogen-bond acceptors (Lipinski definition) is 5. The van der Waals surface area contributed by atoms with E-state index >= 15 is 0 Å². The molecular weight excluding hydrogens is 278 g/mol. The molecule has 2 N–H and O–H groups in total. The first kappa shape index (κ1) is 16.7. The van der Waals surface area contributed by atoms with Gasteiger partial charge >= 0.3 is 5.97 Å². The van der Waals surface area contributed by atoms with Crippen LogP contribution >= 0.6 is 0 Å². The van der Waals surface area contributed by atoms with Crippen molar-refractivity contribution in [2.75, 3.05) is 5.75 Å². The third-order valence-electron chi connectivity index (χ3n) is 2.47. The molecule has 0 saturated heterocycles. The summed E-state index contributed by atoms with van der Waals surface area (Å²) in [5, 5.41) is 0. The summed E-state index contributed by atoms with van der Waals surface area (Å²) in [6, 6.07) is 7.02. The Morgan fingerprint density at radius 3 is 2.25 bits per heavy atom. The molecule has 0 radical (unpaired) electrons. The van der Waals surface area contributed by atoms with Gasteiger partial charge in [0, 0.05) is 6.54 Å². The molecule has 0 spiro atoms. The fraction of sp³-hybridized carbons (Fsp3) is 0.500. The van der Waals surface area contributed by atoms with E-state index in [0.717, 1.165) is 5.56 Å². The number of benzene rings is 1. The minimum Gasteiger partial charge on any atom is -0.459 e. The average Bonchev–Trinajstić information content (AvgIpc) is 2.25. The summed E-state index contributed by atoms with van der Waals surface area (Å²) in [5.74, 6) is -1.56. The van der Waals surface area contributed by atoms with Gasteiger partial charge in [0.15, 0.2) is 9.84 Å². The number of ether oxygens (including phenoxy) is 1. The first-order valence-corrected chi connectivity index (χ1v) is 8.14. The van der Waals surface area contributed by atoms with Gasteiger partial charge in [-0.3, -0.25) is 4.79 Å². The van der Waals surface area contributed by atoms with E-state index in [-0.39, 0.29) is 12.3 Å². The van der Waals surface area contributed by atoms with Crippen molar-refractivity contribution in [3.63, 3.8) is 0 Å². The highest BCUT2D eigenvalue weighted by Gasteiger charge is 2.23. The highest BCUT2D eigenvalue weighted by atomic mass is 32.2. The Morgan fingerprint density at radius 2 is 1.75 bits per heavy atom. The van der Waals surface area contributed by atoms with Crippen LogP contribution in [0.5, 0.6) is 0 Å². The minimum atomic E-state index is -3.57. The summed E-state index contributed by atoms with van der Waals surface area (Å²) in [4.78, 5) is 11.6. The van der Waals surface area contributed by atoms with Crippen molar-refractivity contribution in [3.8, 4) is 0 Å². The fourth-order valence-electron chi connectivity index (χ4n) is 1.74. The molecule has 0 aliphatic rings. The van der Waals surface area contributed by atoms with Crippen molar-refractivity contribution >= 4 is 15.8 Å². The third kappa shape index (κ3) is 5.71. The van der Waals surface area contributed by atoms with Gasteiger partial charge in [0.2, 0.25) is 0 Å². The normalized spacial score (nSPS) is 12.2. The SMILES string of the molecule is CC(C)(C)OC(=O)CS(=O)(=O)Cc1ccccc1CN. The maximum Gasteiger partial charge on any atom is 0.321 e. The van der Waals surface area contributed by atoms with Gasteiger partial charge in [0.1, 0.15) is 11.4 Å². The number of hydrogen-bond donors (Lipinski definition) is 1. The average molecular weight is 299 g/mol. The lowest BCUT2D eigenvalue weighted by atomic mass is 10.1. The number of rotatable bonds is 5. The van der Waals surface area contributed by atoms with Gasteiger partial charge in [-0.05, 0) is 31.9 Å². The maximum atomic E-state index is 12.0. The van der Waals surface area contributed by atoms with Crippen molar-refractivity contribution in [3.05, 3.63) is 35.4 Å². The van der Waals surface area contributed by atoms with Crippen LogP contribution in [0.15, 0.2) is 24.3 Å². The van der Waals surface area contributed by atoms with Crippen LogP contribution in [-0.2, 0) is 31.7 Å². The van der Waals surface area contributed by atoms with Crippen LogP contribution < -0.4 is 5.73 Å².